The van der Waals surface area contributed by atoms with E-state index in [4.69, 9.17) is 0 Å². The number of hydrogen-bond donors (Lipinski definition) is 1. The largest absolute Gasteiger partial charge is 0.326 e. The second kappa shape index (κ2) is 9.61. The van der Waals surface area contributed by atoms with Gasteiger partial charge in [0.05, 0.1) is 4.90 Å². The van der Waals surface area contributed by atoms with Gasteiger partial charge in [-0.05, 0) is 55.3 Å². The maximum Gasteiger partial charge on any atom is 0.284 e. The van der Waals surface area contributed by atoms with E-state index in [-0.39, 0.29) is 28.9 Å². The molecule has 2 aromatic carbocycles. The first-order valence-corrected chi connectivity index (χ1v) is 12.0. The zero-order chi connectivity index (χ0) is 22.6. The molecule has 1 N–H and O–H groups in total. The van der Waals surface area contributed by atoms with Crippen LogP contribution in [0.4, 0.5) is 10.1 Å². The molecule has 7 nitrogen and oxygen atoms in total. The molecule has 0 spiro atoms. The van der Waals surface area contributed by atoms with E-state index in [1.807, 2.05) is 6.92 Å². The summed E-state index contributed by atoms with van der Waals surface area (Å²) in [6.45, 7) is 3.90. The van der Waals surface area contributed by atoms with Crippen LogP contribution in [0.5, 0.6) is 0 Å². The van der Waals surface area contributed by atoms with E-state index < -0.39 is 27.0 Å². The summed E-state index contributed by atoms with van der Waals surface area (Å²) >= 11 is 0.948. The number of nitrogens with one attached hydrogen (secondary N) is 1. The molecule has 0 saturated carbocycles. The second-order valence-electron chi connectivity index (χ2n) is 6.79. The molecule has 10 heteroatoms. The predicted octanol–water partition coefficient (Wildman–Crippen LogP) is 3.43. The quantitative estimate of drug-likeness (QED) is 0.679. The van der Waals surface area contributed by atoms with E-state index in [2.05, 4.69) is 9.71 Å². The van der Waals surface area contributed by atoms with E-state index >= 15 is 0 Å². The van der Waals surface area contributed by atoms with Gasteiger partial charge in [-0.3, -0.25) is 14.5 Å². The molecule has 3 rings (SSSR count). The first-order chi connectivity index (χ1) is 14.7. The van der Waals surface area contributed by atoms with Crippen LogP contribution >= 0.6 is 11.8 Å². The number of carbonyl (C=O) groups is 2. The molecule has 31 heavy (non-hydrogen) atoms. The molecule has 0 aliphatic carbocycles. The minimum atomic E-state index is -4.00. The Bertz CT molecular complexity index is 1100. The third-order valence-electron chi connectivity index (χ3n) is 4.66. The summed E-state index contributed by atoms with van der Waals surface area (Å²) in [6.07, 6.45) is 0.617. The van der Waals surface area contributed by atoms with Crippen LogP contribution in [-0.4, -0.2) is 42.1 Å². The summed E-state index contributed by atoms with van der Waals surface area (Å²) in [7, 11) is -4.00. The lowest BCUT2D eigenvalue weighted by Crippen LogP contribution is -2.33. The standard InChI is InChI=1S/C21H22FN3O4S2/c1-3-14-5-11-17(12-6-14)31(28,29)24-21-25(4-2)20(27)18(30-21)13-19(26)23-16-9-7-15(22)8-10-16/h5-12,18H,3-4,13H2,1-2H3,(H,23,26)/t18-/m0/s1. The molecule has 1 aliphatic rings. The number of rotatable bonds is 7. The van der Waals surface area contributed by atoms with Crippen LogP contribution in [-0.2, 0) is 26.0 Å². The van der Waals surface area contributed by atoms with Gasteiger partial charge in [-0.1, -0.05) is 30.8 Å². The summed E-state index contributed by atoms with van der Waals surface area (Å²) in [4.78, 5) is 26.3. The number of anilines is 1. The van der Waals surface area contributed by atoms with Crippen molar-refractivity contribution in [2.24, 2.45) is 4.40 Å². The Morgan fingerprint density at radius 3 is 2.35 bits per heavy atom. The number of benzene rings is 2. The molecule has 1 saturated heterocycles. The van der Waals surface area contributed by atoms with Crippen molar-refractivity contribution in [3.63, 3.8) is 0 Å². The van der Waals surface area contributed by atoms with Crippen LogP contribution in [0, 0.1) is 5.82 Å². The zero-order valence-electron chi connectivity index (χ0n) is 17.0. The highest BCUT2D eigenvalue weighted by atomic mass is 32.2. The lowest BCUT2D eigenvalue weighted by atomic mass is 10.2. The zero-order valence-corrected chi connectivity index (χ0v) is 18.7. The molecule has 1 atom stereocenters. The molecule has 2 aromatic rings. The smallest absolute Gasteiger partial charge is 0.284 e. The van der Waals surface area contributed by atoms with Crippen LogP contribution in [0.1, 0.15) is 25.8 Å². The van der Waals surface area contributed by atoms with Crippen molar-refractivity contribution in [3.05, 3.63) is 59.9 Å². The van der Waals surface area contributed by atoms with E-state index in [1.165, 1.54) is 41.3 Å². The van der Waals surface area contributed by atoms with Gasteiger partial charge in [-0.15, -0.1) is 4.40 Å². The van der Waals surface area contributed by atoms with Crippen LogP contribution in [0.25, 0.3) is 0 Å². The molecule has 0 bridgehead atoms. The third-order valence-corrected chi connectivity index (χ3v) is 7.23. The van der Waals surface area contributed by atoms with Gasteiger partial charge in [0.2, 0.25) is 11.8 Å². The van der Waals surface area contributed by atoms with Crippen LogP contribution in [0.3, 0.4) is 0 Å². The van der Waals surface area contributed by atoms with Crippen molar-refractivity contribution in [3.8, 4) is 0 Å². The number of sulfonamides is 1. The summed E-state index contributed by atoms with van der Waals surface area (Å²) < 4.78 is 42.3. The van der Waals surface area contributed by atoms with Crippen LogP contribution < -0.4 is 5.32 Å². The molecule has 0 unspecified atom stereocenters. The Morgan fingerprint density at radius 1 is 1.13 bits per heavy atom. The van der Waals surface area contributed by atoms with Gasteiger partial charge in [0.1, 0.15) is 11.1 Å². The number of carbonyl (C=O) groups excluding carboxylic acids is 2. The Balaban J connectivity index is 1.75. The first-order valence-electron chi connectivity index (χ1n) is 9.71. The fourth-order valence-corrected chi connectivity index (χ4v) is 5.39. The van der Waals surface area contributed by atoms with Gasteiger partial charge in [0, 0.05) is 18.7 Å². The molecule has 1 heterocycles. The molecular formula is C21H22FN3O4S2. The number of halogens is 1. The first kappa shape index (κ1) is 23.0. The molecule has 1 aliphatic heterocycles. The van der Waals surface area contributed by atoms with Gasteiger partial charge in [0.25, 0.3) is 10.0 Å². The number of amides is 2. The van der Waals surface area contributed by atoms with E-state index in [0.29, 0.717) is 5.69 Å². The molecule has 164 valence electrons. The maximum absolute atomic E-state index is 13.0. The summed E-state index contributed by atoms with van der Waals surface area (Å²) in [5.74, 6) is -1.24. The Kier molecular flexibility index (Phi) is 7.11. The van der Waals surface area contributed by atoms with Crippen LogP contribution in [0.15, 0.2) is 57.8 Å². The SMILES string of the molecule is CCc1ccc(S(=O)(=O)N=C2S[C@@H](CC(=O)Nc3ccc(F)cc3)C(=O)N2CC)cc1. The van der Waals surface area contributed by atoms with E-state index in [1.54, 1.807) is 19.1 Å². The van der Waals surface area contributed by atoms with Gasteiger partial charge in [0.15, 0.2) is 5.17 Å². The predicted molar refractivity (Wildman–Crippen MR) is 119 cm³/mol. The van der Waals surface area contributed by atoms with Crippen molar-refractivity contribution in [1.82, 2.24) is 4.90 Å². The normalized spacial score (nSPS) is 17.9. The van der Waals surface area contributed by atoms with Gasteiger partial charge < -0.3 is 5.32 Å². The maximum atomic E-state index is 13.0. The highest BCUT2D eigenvalue weighted by Crippen LogP contribution is 2.31. The minimum Gasteiger partial charge on any atom is -0.326 e. The van der Waals surface area contributed by atoms with E-state index in [9.17, 15) is 22.4 Å². The lowest BCUT2D eigenvalue weighted by molar-refractivity contribution is -0.128. The number of aryl methyl sites for hydroxylation is 1. The fourth-order valence-electron chi connectivity index (χ4n) is 2.97. The number of amidine groups is 1. The van der Waals surface area contributed by atoms with Crippen molar-refractivity contribution in [2.45, 2.75) is 36.8 Å². The van der Waals surface area contributed by atoms with Crippen LogP contribution in [0.2, 0.25) is 0 Å². The van der Waals surface area contributed by atoms with Gasteiger partial charge in [-0.25, -0.2) is 4.39 Å². The molecule has 0 aromatic heterocycles. The number of hydrogen-bond acceptors (Lipinski definition) is 5. The van der Waals surface area contributed by atoms with Crippen molar-refractivity contribution in [1.29, 1.82) is 0 Å². The second-order valence-corrected chi connectivity index (χ2v) is 9.57. The number of nitrogens with zero attached hydrogens (tertiary/aromatic N) is 2. The third kappa shape index (κ3) is 5.50. The Hall–Kier alpha value is -2.72. The lowest BCUT2D eigenvalue weighted by Gasteiger charge is -2.13. The summed E-state index contributed by atoms with van der Waals surface area (Å²) in [5, 5.41) is 1.85. The monoisotopic (exact) mass is 463 g/mol. The Labute approximate surface area is 184 Å². The molecular weight excluding hydrogens is 441 g/mol. The number of thioether (sulfide) groups is 1. The average Bonchev–Trinajstić information content (AvgIpc) is 3.02. The average molecular weight is 464 g/mol. The summed E-state index contributed by atoms with van der Waals surface area (Å²) in [5.41, 5.74) is 1.40. The van der Waals surface area contributed by atoms with Crippen molar-refractivity contribution < 1.29 is 22.4 Å². The van der Waals surface area contributed by atoms with Gasteiger partial charge in [-0.2, -0.15) is 8.42 Å². The van der Waals surface area contributed by atoms with E-state index in [0.717, 1.165) is 23.7 Å². The molecule has 1 fully saturated rings. The van der Waals surface area contributed by atoms with Gasteiger partial charge >= 0.3 is 0 Å². The fraction of sp³-hybridized carbons (Fsp3) is 0.286. The minimum absolute atomic E-state index is 0.0406. The molecule has 2 amide bonds. The topological polar surface area (TPSA) is 95.9 Å². The highest BCUT2D eigenvalue weighted by Gasteiger charge is 2.39. The van der Waals surface area contributed by atoms with Crippen molar-refractivity contribution >= 4 is 44.5 Å². The Morgan fingerprint density at radius 2 is 1.77 bits per heavy atom. The molecule has 0 radical (unpaired) electrons. The summed E-state index contributed by atoms with van der Waals surface area (Å²) in [6, 6.07) is 11.7. The van der Waals surface area contributed by atoms with Crippen molar-refractivity contribution in [2.75, 3.05) is 11.9 Å². The highest BCUT2D eigenvalue weighted by molar-refractivity contribution is 8.16.